The lowest BCUT2D eigenvalue weighted by atomic mass is 10.0. The molecule has 0 amide bonds. The van der Waals surface area contributed by atoms with Crippen LogP contribution >= 0.6 is 0 Å². The Hall–Kier alpha value is -1.88. The molecule has 1 heterocycles. The minimum atomic E-state index is -0.249. The predicted octanol–water partition coefficient (Wildman–Crippen LogP) is 4.26. The van der Waals surface area contributed by atoms with Crippen LogP contribution in [0.5, 0.6) is 5.75 Å². The van der Waals surface area contributed by atoms with Gasteiger partial charge in [0.2, 0.25) is 0 Å². The lowest BCUT2D eigenvalue weighted by Crippen LogP contribution is -2.43. The van der Waals surface area contributed by atoms with Crippen molar-refractivity contribution in [3.8, 4) is 16.9 Å². The van der Waals surface area contributed by atoms with Gasteiger partial charge in [0.15, 0.2) is 0 Å². The van der Waals surface area contributed by atoms with Gasteiger partial charge < -0.3 is 14.6 Å². The Balaban J connectivity index is 1.30. The van der Waals surface area contributed by atoms with Crippen LogP contribution in [0.3, 0.4) is 0 Å². The van der Waals surface area contributed by atoms with Crippen molar-refractivity contribution in [3.05, 3.63) is 54.1 Å². The molecule has 3 atom stereocenters. The van der Waals surface area contributed by atoms with Crippen LogP contribution < -0.4 is 4.74 Å². The number of hydrogen-bond acceptors (Lipinski definition) is 4. The highest BCUT2D eigenvalue weighted by Gasteiger charge is 2.37. The van der Waals surface area contributed by atoms with Gasteiger partial charge in [0, 0.05) is 12.5 Å². The molecule has 3 unspecified atom stereocenters. The van der Waals surface area contributed by atoms with E-state index in [-0.39, 0.29) is 18.2 Å². The van der Waals surface area contributed by atoms with Gasteiger partial charge in [0.1, 0.15) is 5.75 Å². The number of likely N-dealkylation sites (tertiary alicyclic amines) is 1. The molecule has 0 spiro atoms. The van der Waals surface area contributed by atoms with Crippen LogP contribution in [0.4, 0.5) is 0 Å². The van der Waals surface area contributed by atoms with Crippen LogP contribution in [0.25, 0.3) is 11.1 Å². The third kappa shape index (κ3) is 4.57. The number of rotatable bonds is 6. The van der Waals surface area contributed by atoms with Crippen molar-refractivity contribution in [3.63, 3.8) is 0 Å². The van der Waals surface area contributed by atoms with E-state index in [1.165, 1.54) is 36.0 Å². The molecular weight excluding hydrogens is 350 g/mol. The first kappa shape index (κ1) is 19.4. The Morgan fingerprint density at radius 2 is 1.54 bits per heavy atom. The zero-order valence-corrected chi connectivity index (χ0v) is 16.7. The van der Waals surface area contributed by atoms with E-state index in [1.54, 1.807) is 7.11 Å². The monoisotopic (exact) mass is 381 g/mol. The summed E-state index contributed by atoms with van der Waals surface area (Å²) in [6, 6.07) is 16.9. The van der Waals surface area contributed by atoms with Crippen LogP contribution in [0.2, 0.25) is 0 Å². The number of piperidine rings is 1. The first-order chi connectivity index (χ1) is 13.7. The van der Waals surface area contributed by atoms with Crippen molar-refractivity contribution in [1.29, 1.82) is 0 Å². The van der Waals surface area contributed by atoms with Crippen LogP contribution in [0.15, 0.2) is 48.5 Å². The Morgan fingerprint density at radius 3 is 2.18 bits per heavy atom. The summed E-state index contributed by atoms with van der Waals surface area (Å²) in [6.07, 6.45) is 5.45. The van der Waals surface area contributed by atoms with Gasteiger partial charge in [-0.15, -0.1) is 0 Å². The van der Waals surface area contributed by atoms with E-state index in [1.807, 2.05) is 12.1 Å². The standard InChI is InChI=1S/C24H31NO3/c1-27-21-11-9-20(10-12-21)19-7-5-18(6-8-19)17-28-22-15-23(24(26)16-22)25-13-3-2-4-14-25/h5-12,22-24,26H,2-4,13-17H2,1H3. The number of benzene rings is 2. The minimum absolute atomic E-state index is 0.156. The van der Waals surface area contributed by atoms with Crippen molar-refractivity contribution >= 4 is 0 Å². The number of ether oxygens (including phenoxy) is 2. The zero-order valence-electron chi connectivity index (χ0n) is 16.7. The highest BCUT2D eigenvalue weighted by Crippen LogP contribution is 2.30. The second kappa shape index (κ2) is 9.08. The van der Waals surface area contributed by atoms with Crippen molar-refractivity contribution < 1.29 is 14.6 Å². The summed E-state index contributed by atoms with van der Waals surface area (Å²) in [6.45, 7) is 2.86. The van der Waals surface area contributed by atoms with Gasteiger partial charge >= 0.3 is 0 Å². The van der Waals surface area contributed by atoms with E-state index < -0.39 is 0 Å². The van der Waals surface area contributed by atoms with Crippen molar-refractivity contribution in [1.82, 2.24) is 4.90 Å². The second-order valence-corrected chi connectivity index (χ2v) is 8.06. The third-order valence-corrected chi connectivity index (χ3v) is 6.18. The number of aliphatic hydroxyl groups excluding tert-OH is 1. The normalized spacial score (nSPS) is 25.7. The predicted molar refractivity (Wildman–Crippen MR) is 111 cm³/mol. The number of hydrogen-bond donors (Lipinski definition) is 1. The van der Waals surface area contributed by atoms with Crippen LogP contribution in [0.1, 0.15) is 37.7 Å². The largest absolute Gasteiger partial charge is 0.497 e. The first-order valence-electron chi connectivity index (χ1n) is 10.5. The van der Waals surface area contributed by atoms with Crippen molar-refractivity contribution in [2.24, 2.45) is 0 Å². The third-order valence-electron chi connectivity index (χ3n) is 6.18. The highest BCUT2D eigenvalue weighted by molar-refractivity contribution is 5.64. The fourth-order valence-electron chi connectivity index (χ4n) is 4.52. The van der Waals surface area contributed by atoms with Gasteiger partial charge in [0.05, 0.1) is 25.9 Å². The Kier molecular flexibility index (Phi) is 6.30. The number of aliphatic hydroxyl groups is 1. The Labute approximate surface area is 168 Å². The molecule has 2 aliphatic rings. The molecule has 28 heavy (non-hydrogen) atoms. The summed E-state index contributed by atoms with van der Waals surface area (Å²) >= 11 is 0. The van der Waals surface area contributed by atoms with E-state index in [0.717, 1.165) is 31.7 Å². The van der Waals surface area contributed by atoms with E-state index in [4.69, 9.17) is 9.47 Å². The van der Waals surface area contributed by atoms with E-state index in [9.17, 15) is 5.11 Å². The molecule has 4 nitrogen and oxygen atoms in total. The van der Waals surface area contributed by atoms with E-state index in [0.29, 0.717) is 6.61 Å². The molecule has 2 aromatic rings. The van der Waals surface area contributed by atoms with Gasteiger partial charge in [-0.3, -0.25) is 4.90 Å². The molecule has 1 aliphatic heterocycles. The molecule has 0 radical (unpaired) electrons. The van der Waals surface area contributed by atoms with E-state index in [2.05, 4.69) is 41.3 Å². The molecule has 4 heteroatoms. The van der Waals surface area contributed by atoms with E-state index >= 15 is 0 Å². The summed E-state index contributed by atoms with van der Waals surface area (Å²) < 4.78 is 11.4. The van der Waals surface area contributed by atoms with Crippen molar-refractivity contribution in [2.75, 3.05) is 20.2 Å². The molecule has 1 N–H and O–H groups in total. The Bertz CT molecular complexity index is 737. The molecule has 150 valence electrons. The molecule has 1 saturated heterocycles. The fourth-order valence-corrected chi connectivity index (χ4v) is 4.52. The SMILES string of the molecule is COc1ccc(-c2ccc(COC3CC(O)C(N4CCCCC4)C3)cc2)cc1. The Morgan fingerprint density at radius 1 is 0.893 bits per heavy atom. The summed E-state index contributed by atoms with van der Waals surface area (Å²) in [5.74, 6) is 0.871. The van der Waals surface area contributed by atoms with Crippen LogP contribution in [0, 0.1) is 0 Å². The first-order valence-corrected chi connectivity index (χ1v) is 10.5. The van der Waals surface area contributed by atoms with Gasteiger partial charge in [-0.2, -0.15) is 0 Å². The molecule has 2 aromatic carbocycles. The lowest BCUT2D eigenvalue weighted by molar-refractivity contribution is 0.0356. The summed E-state index contributed by atoms with van der Waals surface area (Å²) in [5, 5.41) is 10.5. The molecule has 2 fully saturated rings. The molecule has 4 rings (SSSR count). The quantitative estimate of drug-likeness (QED) is 0.812. The highest BCUT2D eigenvalue weighted by atomic mass is 16.5. The average molecular weight is 382 g/mol. The number of nitrogens with zero attached hydrogens (tertiary/aromatic N) is 1. The second-order valence-electron chi connectivity index (χ2n) is 8.06. The van der Waals surface area contributed by atoms with Gasteiger partial charge in [-0.25, -0.2) is 0 Å². The summed E-state index contributed by atoms with van der Waals surface area (Å²) in [5.41, 5.74) is 3.54. The summed E-state index contributed by atoms with van der Waals surface area (Å²) in [4.78, 5) is 2.47. The zero-order chi connectivity index (χ0) is 19.3. The lowest BCUT2D eigenvalue weighted by Gasteiger charge is -2.33. The minimum Gasteiger partial charge on any atom is -0.497 e. The molecule has 1 saturated carbocycles. The molecular formula is C24H31NO3. The van der Waals surface area contributed by atoms with Gasteiger partial charge in [0.25, 0.3) is 0 Å². The number of methoxy groups -OCH3 is 1. The molecule has 0 bridgehead atoms. The van der Waals surface area contributed by atoms with Crippen molar-refractivity contribution in [2.45, 2.75) is 57.0 Å². The van der Waals surface area contributed by atoms with Gasteiger partial charge in [-0.05, 0) is 61.2 Å². The van der Waals surface area contributed by atoms with Gasteiger partial charge in [-0.1, -0.05) is 42.8 Å². The smallest absolute Gasteiger partial charge is 0.118 e. The van der Waals surface area contributed by atoms with Crippen LogP contribution in [-0.2, 0) is 11.3 Å². The molecule has 0 aromatic heterocycles. The maximum absolute atomic E-state index is 10.5. The average Bonchev–Trinajstić information content (AvgIpc) is 3.14. The topological polar surface area (TPSA) is 41.9 Å². The summed E-state index contributed by atoms with van der Waals surface area (Å²) in [7, 11) is 1.68. The molecule has 1 aliphatic carbocycles. The fraction of sp³-hybridized carbons (Fsp3) is 0.500. The maximum atomic E-state index is 10.5. The maximum Gasteiger partial charge on any atom is 0.118 e. The van der Waals surface area contributed by atoms with Crippen LogP contribution in [-0.4, -0.2) is 48.5 Å².